The molecule has 1 aliphatic heterocycles. The predicted molar refractivity (Wildman–Crippen MR) is 244 cm³/mol. The first-order valence-electron chi connectivity index (χ1n) is 20.6. The summed E-state index contributed by atoms with van der Waals surface area (Å²) in [5.74, 6) is 2.53. The number of benzene rings is 8. The van der Waals surface area contributed by atoms with Crippen LogP contribution in [0.25, 0.3) is 105 Å². The van der Waals surface area contributed by atoms with Gasteiger partial charge < -0.3 is 13.6 Å². The van der Waals surface area contributed by atoms with Crippen LogP contribution in [0.4, 0.5) is 0 Å². The highest BCUT2D eigenvalue weighted by Crippen LogP contribution is 2.50. The summed E-state index contributed by atoms with van der Waals surface area (Å²) in [7, 11) is 0. The quantitative estimate of drug-likeness (QED) is 0.173. The first-order chi connectivity index (χ1) is 30.2. The van der Waals surface area contributed by atoms with E-state index in [0.717, 1.165) is 99.5 Å². The normalized spacial score (nSPS) is 15.7. The van der Waals surface area contributed by atoms with Gasteiger partial charge in [0, 0.05) is 49.4 Å². The molecule has 11 aromatic rings. The second-order valence-electron chi connectivity index (χ2n) is 15.8. The van der Waals surface area contributed by atoms with E-state index in [-0.39, 0.29) is 12.0 Å². The molecule has 61 heavy (non-hydrogen) atoms. The van der Waals surface area contributed by atoms with Crippen LogP contribution in [0.3, 0.4) is 0 Å². The number of nitrogens with zero attached hydrogens (tertiary/aromatic N) is 3. The van der Waals surface area contributed by atoms with E-state index >= 15 is 0 Å². The Bertz CT molecular complexity index is 3640. The van der Waals surface area contributed by atoms with Crippen molar-refractivity contribution in [2.24, 2.45) is 0 Å². The number of hydrogen-bond donors (Lipinski definition) is 0. The maximum absolute atomic E-state index is 6.85. The van der Waals surface area contributed by atoms with E-state index < -0.39 is 0 Å². The molecule has 0 amide bonds. The number of fused-ring (bicyclic) bond motifs is 10. The molecule has 4 heterocycles. The van der Waals surface area contributed by atoms with E-state index in [1.807, 2.05) is 48.5 Å². The Morgan fingerprint density at radius 2 is 1.05 bits per heavy atom. The number of allylic oxidation sites excluding steroid dienone is 2. The van der Waals surface area contributed by atoms with E-state index in [1.54, 1.807) is 0 Å². The Balaban J connectivity index is 0.950. The molecule has 2 atom stereocenters. The van der Waals surface area contributed by atoms with E-state index in [2.05, 4.69) is 140 Å². The molecule has 0 fully saturated rings. The highest BCUT2D eigenvalue weighted by molar-refractivity contribution is 6.20. The summed E-state index contributed by atoms with van der Waals surface area (Å²) in [5.41, 5.74) is 11.8. The number of hydrogen-bond acceptors (Lipinski definition) is 6. The average molecular weight is 784 g/mol. The van der Waals surface area contributed by atoms with Crippen molar-refractivity contribution in [2.45, 2.75) is 12.0 Å². The maximum atomic E-state index is 6.85. The van der Waals surface area contributed by atoms with Gasteiger partial charge >= 0.3 is 0 Å². The summed E-state index contributed by atoms with van der Waals surface area (Å²) in [5, 5.41) is 6.57. The molecule has 6 heteroatoms. The molecule has 2 unspecified atom stereocenters. The largest absolute Gasteiger partial charge is 0.485 e. The number of para-hydroxylation sites is 2. The van der Waals surface area contributed by atoms with Crippen molar-refractivity contribution < 1.29 is 13.6 Å². The van der Waals surface area contributed by atoms with Gasteiger partial charge in [0.25, 0.3) is 0 Å². The van der Waals surface area contributed by atoms with Crippen LogP contribution < -0.4 is 4.74 Å². The minimum Gasteiger partial charge on any atom is -0.485 e. The van der Waals surface area contributed by atoms with Crippen molar-refractivity contribution in [3.8, 4) is 50.8 Å². The molecule has 0 saturated carbocycles. The third kappa shape index (κ3) is 5.39. The Labute approximate surface area is 349 Å². The lowest BCUT2D eigenvalue weighted by Crippen LogP contribution is -2.20. The molecule has 0 radical (unpaired) electrons. The molecule has 1 aliphatic carbocycles. The SMILES string of the molecule is C1=CC2Oc3cc(-c4c5ccccc5cc5oc6ccccc6c45)ccc3C2C(c2nc(-c3ccc(-c4ccccc4)cc3)nc(-c3ccc4oc5ccccc5c4c3)n2)=C1. The van der Waals surface area contributed by atoms with Gasteiger partial charge in [-0.2, -0.15) is 0 Å². The number of ether oxygens (including phenoxy) is 1. The van der Waals surface area contributed by atoms with Gasteiger partial charge in [0.2, 0.25) is 0 Å². The van der Waals surface area contributed by atoms with Gasteiger partial charge in [-0.3, -0.25) is 0 Å². The predicted octanol–water partition coefficient (Wildman–Crippen LogP) is 14.0. The zero-order chi connectivity index (χ0) is 40.0. The standard InChI is InChI=1S/C55H33N3O3/c1-2-11-32(12-3-1)33-21-23-34(24-22-33)53-56-54(37-26-28-46-43(29-37)39-15-6-8-18-44(39)59-46)58-55(57-53)42-17-10-20-47-51(42)41-27-25-36(31-48(41)61-47)50-38-14-5-4-13-35(38)30-49-52(50)40-16-7-9-19-45(40)60-49/h1-31,47,51H. The Kier molecular flexibility index (Phi) is 7.33. The molecule has 286 valence electrons. The summed E-state index contributed by atoms with van der Waals surface area (Å²) < 4.78 is 19.5. The first-order valence-corrected chi connectivity index (χ1v) is 20.6. The van der Waals surface area contributed by atoms with Crippen LogP contribution in [0.1, 0.15) is 17.3 Å². The van der Waals surface area contributed by atoms with Crippen LogP contribution in [-0.2, 0) is 0 Å². The van der Waals surface area contributed by atoms with Gasteiger partial charge in [-0.1, -0.05) is 140 Å². The smallest absolute Gasteiger partial charge is 0.164 e. The van der Waals surface area contributed by atoms with Gasteiger partial charge in [0.05, 0.1) is 5.92 Å². The average Bonchev–Trinajstić information content (AvgIpc) is 4.01. The van der Waals surface area contributed by atoms with E-state index in [4.69, 9.17) is 28.5 Å². The molecule has 0 spiro atoms. The topological polar surface area (TPSA) is 74.2 Å². The number of rotatable bonds is 5. The van der Waals surface area contributed by atoms with Crippen LogP contribution in [-0.4, -0.2) is 21.1 Å². The van der Waals surface area contributed by atoms with E-state index in [0.29, 0.717) is 17.5 Å². The zero-order valence-electron chi connectivity index (χ0n) is 32.6. The highest BCUT2D eigenvalue weighted by atomic mass is 16.5. The number of aromatic nitrogens is 3. The van der Waals surface area contributed by atoms with Crippen LogP contribution in [0, 0.1) is 0 Å². The van der Waals surface area contributed by atoms with Crippen molar-refractivity contribution in [3.05, 3.63) is 199 Å². The first kappa shape index (κ1) is 33.8. The fraction of sp³-hybridized carbons (Fsp3) is 0.0364. The van der Waals surface area contributed by atoms with Crippen molar-refractivity contribution in [1.29, 1.82) is 0 Å². The summed E-state index contributed by atoms with van der Waals surface area (Å²) in [6.45, 7) is 0. The minimum atomic E-state index is -0.227. The van der Waals surface area contributed by atoms with Gasteiger partial charge in [0.1, 0.15) is 34.2 Å². The van der Waals surface area contributed by atoms with Crippen LogP contribution in [0.15, 0.2) is 197 Å². The Morgan fingerprint density at radius 3 is 1.90 bits per heavy atom. The summed E-state index contributed by atoms with van der Waals surface area (Å²) >= 11 is 0. The lowest BCUT2D eigenvalue weighted by Gasteiger charge is -2.22. The van der Waals surface area contributed by atoms with E-state index in [9.17, 15) is 0 Å². The monoisotopic (exact) mass is 783 g/mol. The molecule has 0 bridgehead atoms. The van der Waals surface area contributed by atoms with Crippen molar-refractivity contribution >= 4 is 60.2 Å². The molecule has 6 nitrogen and oxygen atoms in total. The van der Waals surface area contributed by atoms with Crippen molar-refractivity contribution in [3.63, 3.8) is 0 Å². The second-order valence-corrected chi connectivity index (χ2v) is 15.8. The summed E-state index contributed by atoms with van der Waals surface area (Å²) in [6.07, 6.45) is 6.11. The molecule has 2 aliphatic rings. The van der Waals surface area contributed by atoms with Crippen LogP contribution in [0.2, 0.25) is 0 Å². The lowest BCUT2D eigenvalue weighted by molar-refractivity contribution is 0.271. The fourth-order valence-electron chi connectivity index (χ4n) is 9.44. The molecule has 3 aromatic heterocycles. The van der Waals surface area contributed by atoms with Crippen molar-refractivity contribution in [1.82, 2.24) is 15.0 Å². The summed E-state index contributed by atoms with van der Waals surface area (Å²) in [6, 6.07) is 58.7. The molecule has 0 N–H and O–H groups in total. The van der Waals surface area contributed by atoms with Gasteiger partial charge in [-0.25, -0.2) is 15.0 Å². The lowest BCUT2D eigenvalue weighted by atomic mass is 9.83. The second kappa shape index (κ2) is 13.2. The minimum absolute atomic E-state index is 0.125. The molecule has 13 rings (SSSR count). The Morgan fingerprint density at radius 1 is 0.426 bits per heavy atom. The highest BCUT2D eigenvalue weighted by Gasteiger charge is 2.39. The van der Waals surface area contributed by atoms with E-state index in [1.165, 1.54) is 5.39 Å². The molecular formula is C55H33N3O3. The maximum Gasteiger partial charge on any atom is 0.164 e. The summed E-state index contributed by atoms with van der Waals surface area (Å²) in [4.78, 5) is 15.6. The van der Waals surface area contributed by atoms with Crippen LogP contribution >= 0.6 is 0 Å². The molecular weight excluding hydrogens is 751 g/mol. The van der Waals surface area contributed by atoms with Gasteiger partial charge in [-0.15, -0.1) is 0 Å². The Hall–Kier alpha value is -8.09. The molecule has 8 aromatic carbocycles. The third-order valence-electron chi connectivity index (χ3n) is 12.3. The van der Waals surface area contributed by atoms with Gasteiger partial charge in [0.15, 0.2) is 17.5 Å². The molecule has 0 saturated heterocycles. The number of furan rings is 2. The third-order valence-corrected chi connectivity index (χ3v) is 12.3. The van der Waals surface area contributed by atoms with Crippen molar-refractivity contribution in [2.75, 3.05) is 0 Å². The van der Waals surface area contributed by atoms with Crippen LogP contribution in [0.5, 0.6) is 5.75 Å². The van der Waals surface area contributed by atoms with Gasteiger partial charge in [-0.05, 0) is 76.0 Å². The zero-order valence-corrected chi connectivity index (χ0v) is 32.6. The fourth-order valence-corrected chi connectivity index (χ4v) is 9.44.